The summed E-state index contributed by atoms with van der Waals surface area (Å²) >= 11 is 11.7. The molecule has 0 aliphatic heterocycles. The number of amides is 2. The van der Waals surface area contributed by atoms with Gasteiger partial charge in [-0.15, -0.1) is 11.6 Å². The lowest BCUT2D eigenvalue weighted by atomic mass is 10.1. The molecule has 22 heavy (non-hydrogen) atoms. The molecule has 0 aliphatic rings. The van der Waals surface area contributed by atoms with Crippen LogP contribution in [0, 0.1) is 13.8 Å². The highest BCUT2D eigenvalue weighted by molar-refractivity contribution is 6.32. The lowest BCUT2D eigenvalue weighted by Crippen LogP contribution is -2.38. The number of benzene rings is 1. The Hall–Kier alpha value is -1.46. The molecule has 0 fully saturated rings. The van der Waals surface area contributed by atoms with Crippen LogP contribution in [-0.4, -0.2) is 36.9 Å². The Morgan fingerprint density at radius 3 is 2.27 bits per heavy atom. The van der Waals surface area contributed by atoms with E-state index in [1.807, 2.05) is 13.8 Å². The molecular formula is C15H20Cl2N2O3. The van der Waals surface area contributed by atoms with Gasteiger partial charge in [-0.05, 0) is 44.0 Å². The quantitative estimate of drug-likeness (QED) is 0.587. The maximum Gasteiger partial charge on any atom is 0.258 e. The molecule has 1 aromatic carbocycles. The molecule has 122 valence electrons. The van der Waals surface area contributed by atoms with Gasteiger partial charge in [0.05, 0.1) is 0 Å². The predicted molar refractivity (Wildman–Crippen MR) is 87.8 cm³/mol. The molecule has 1 aromatic rings. The van der Waals surface area contributed by atoms with Gasteiger partial charge in [-0.2, -0.15) is 0 Å². The average molecular weight is 347 g/mol. The van der Waals surface area contributed by atoms with Crippen molar-refractivity contribution in [3.05, 3.63) is 28.3 Å². The fourth-order valence-electron chi connectivity index (χ4n) is 1.72. The Bertz CT molecular complexity index is 525. The van der Waals surface area contributed by atoms with Crippen LogP contribution in [0.1, 0.15) is 18.1 Å². The van der Waals surface area contributed by atoms with E-state index in [0.717, 1.165) is 11.1 Å². The zero-order valence-electron chi connectivity index (χ0n) is 12.8. The van der Waals surface area contributed by atoms with Gasteiger partial charge in [-0.25, -0.2) is 0 Å². The van der Waals surface area contributed by atoms with Crippen molar-refractivity contribution in [2.75, 3.05) is 19.7 Å². The number of hydrogen-bond donors (Lipinski definition) is 2. The number of ether oxygens (including phenoxy) is 1. The normalized spacial score (nSPS) is 11.7. The smallest absolute Gasteiger partial charge is 0.258 e. The van der Waals surface area contributed by atoms with Crippen molar-refractivity contribution in [2.45, 2.75) is 26.1 Å². The molecule has 0 radical (unpaired) electrons. The van der Waals surface area contributed by atoms with Gasteiger partial charge in [0.25, 0.3) is 5.91 Å². The van der Waals surface area contributed by atoms with Crippen molar-refractivity contribution in [2.24, 2.45) is 0 Å². The topological polar surface area (TPSA) is 67.4 Å². The number of halogens is 2. The maximum absolute atomic E-state index is 11.6. The molecule has 1 unspecified atom stereocenters. The summed E-state index contributed by atoms with van der Waals surface area (Å²) in [6.45, 7) is 5.88. The number of nitrogens with one attached hydrogen (secondary N) is 2. The van der Waals surface area contributed by atoms with E-state index in [2.05, 4.69) is 10.6 Å². The fraction of sp³-hybridized carbons (Fsp3) is 0.467. The van der Waals surface area contributed by atoms with Crippen molar-refractivity contribution in [3.63, 3.8) is 0 Å². The van der Waals surface area contributed by atoms with Crippen LogP contribution in [0.5, 0.6) is 5.75 Å². The van der Waals surface area contributed by atoms with E-state index in [1.165, 1.54) is 0 Å². The SMILES string of the molecule is Cc1cc(OCC(=O)NCCNC(=O)C(C)Cl)cc(C)c1Cl. The molecule has 1 rings (SSSR count). The minimum Gasteiger partial charge on any atom is -0.484 e. The molecule has 0 saturated heterocycles. The van der Waals surface area contributed by atoms with Crippen molar-refractivity contribution >= 4 is 35.0 Å². The molecule has 2 N–H and O–H groups in total. The largest absolute Gasteiger partial charge is 0.484 e. The number of alkyl halides is 1. The second-order valence-corrected chi connectivity index (χ2v) is 5.95. The Morgan fingerprint density at radius 2 is 1.73 bits per heavy atom. The molecule has 0 heterocycles. The molecule has 0 aliphatic carbocycles. The highest BCUT2D eigenvalue weighted by Crippen LogP contribution is 2.25. The fourth-order valence-corrected chi connectivity index (χ4v) is 1.90. The van der Waals surface area contributed by atoms with Crippen LogP contribution in [0.2, 0.25) is 5.02 Å². The number of carbonyl (C=O) groups is 2. The minimum atomic E-state index is -0.588. The summed E-state index contributed by atoms with van der Waals surface area (Å²) in [5, 5.41) is 5.34. The Kier molecular flexibility index (Phi) is 7.48. The van der Waals surface area contributed by atoms with Gasteiger partial charge < -0.3 is 15.4 Å². The van der Waals surface area contributed by atoms with Crippen LogP contribution >= 0.6 is 23.2 Å². The van der Waals surface area contributed by atoms with E-state index in [-0.39, 0.29) is 18.4 Å². The third-order valence-electron chi connectivity index (χ3n) is 2.89. The van der Waals surface area contributed by atoms with Crippen LogP contribution in [0.4, 0.5) is 0 Å². The summed E-state index contributed by atoms with van der Waals surface area (Å²) < 4.78 is 5.42. The standard InChI is InChI=1S/C15H20Cl2N2O3/c1-9-6-12(7-10(2)14(9)17)22-8-13(20)18-4-5-19-15(21)11(3)16/h6-7,11H,4-5,8H2,1-3H3,(H,18,20)(H,19,21). The van der Waals surface area contributed by atoms with Crippen LogP contribution in [0.15, 0.2) is 12.1 Å². The first-order valence-electron chi connectivity index (χ1n) is 6.89. The first-order valence-corrected chi connectivity index (χ1v) is 7.70. The van der Waals surface area contributed by atoms with E-state index in [9.17, 15) is 9.59 Å². The van der Waals surface area contributed by atoms with Gasteiger partial charge in [-0.1, -0.05) is 11.6 Å². The van der Waals surface area contributed by atoms with E-state index in [1.54, 1.807) is 19.1 Å². The summed E-state index contributed by atoms with van der Waals surface area (Å²) in [6, 6.07) is 3.56. The molecule has 2 amide bonds. The average Bonchev–Trinajstić information content (AvgIpc) is 2.46. The highest BCUT2D eigenvalue weighted by Gasteiger charge is 2.08. The first-order chi connectivity index (χ1) is 10.3. The van der Waals surface area contributed by atoms with E-state index in [0.29, 0.717) is 23.9 Å². The zero-order valence-corrected chi connectivity index (χ0v) is 14.3. The van der Waals surface area contributed by atoms with Gasteiger partial charge in [0.15, 0.2) is 6.61 Å². The third kappa shape index (κ3) is 6.12. The third-order valence-corrected chi connectivity index (χ3v) is 3.68. The summed E-state index contributed by atoms with van der Waals surface area (Å²) in [5.41, 5.74) is 1.80. The predicted octanol–water partition coefficient (Wildman–Crippen LogP) is 2.20. The summed E-state index contributed by atoms with van der Waals surface area (Å²) in [5.74, 6) is 0.0662. The van der Waals surface area contributed by atoms with Crippen molar-refractivity contribution in [3.8, 4) is 5.75 Å². The lowest BCUT2D eigenvalue weighted by Gasteiger charge is -2.11. The van der Waals surface area contributed by atoms with E-state index < -0.39 is 5.38 Å². The molecule has 1 atom stereocenters. The van der Waals surface area contributed by atoms with Gasteiger partial charge in [-0.3, -0.25) is 9.59 Å². The van der Waals surface area contributed by atoms with Gasteiger partial charge in [0.2, 0.25) is 5.91 Å². The Balaban J connectivity index is 2.30. The molecular weight excluding hydrogens is 327 g/mol. The zero-order chi connectivity index (χ0) is 16.7. The molecule has 5 nitrogen and oxygen atoms in total. The monoisotopic (exact) mass is 346 g/mol. The summed E-state index contributed by atoms with van der Waals surface area (Å²) in [6.07, 6.45) is 0. The maximum atomic E-state index is 11.6. The number of rotatable bonds is 7. The summed E-state index contributed by atoms with van der Waals surface area (Å²) in [7, 11) is 0. The molecule has 0 bridgehead atoms. The first kappa shape index (κ1) is 18.6. The van der Waals surface area contributed by atoms with Crippen LogP contribution in [0.3, 0.4) is 0 Å². The van der Waals surface area contributed by atoms with Crippen molar-refractivity contribution in [1.29, 1.82) is 0 Å². The molecule has 7 heteroatoms. The summed E-state index contributed by atoms with van der Waals surface area (Å²) in [4.78, 5) is 22.8. The number of aryl methyl sites for hydroxylation is 2. The number of carbonyl (C=O) groups excluding carboxylic acids is 2. The lowest BCUT2D eigenvalue weighted by molar-refractivity contribution is -0.124. The number of hydrogen-bond acceptors (Lipinski definition) is 3. The molecule has 0 aromatic heterocycles. The second kappa shape index (κ2) is 8.86. The second-order valence-electron chi connectivity index (χ2n) is 4.92. The molecule has 0 saturated carbocycles. The Labute approximate surface area is 140 Å². The molecule has 0 spiro atoms. The van der Waals surface area contributed by atoms with Gasteiger partial charge in [0, 0.05) is 18.1 Å². The van der Waals surface area contributed by atoms with Gasteiger partial charge >= 0.3 is 0 Å². The van der Waals surface area contributed by atoms with E-state index in [4.69, 9.17) is 27.9 Å². The van der Waals surface area contributed by atoms with Crippen LogP contribution < -0.4 is 15.4 Å². The van der Waals surface area contributed by atoms with Crippen molar-refractivity contribution in [1.82, 2.24) is 10.6 Å². The highest BCUT2D eigenvalue weighted by atomic mass is 35.5. The van der Waals surface area contributed by atoms with Crippen LogP contribution in [0.25, 0.3) is 0 Å². The minimum absolute atomic E-state index is 0.0969. The van der Waals surface area contributed by atoms with E-state index >= 15 is 0 Å². The van der Waals surface area contributed by atoms with Gasteiger partial charge in [0.1, 0.15) is 11.1 Å². The van der Waals surface area contributed by atoms with Crippen LogP contribution in [-0.2, 0) is 9.59 Å². The Morgan fingerprint density at radius 1 is 1.18 bits per heavy atom. The van der Waals surface area contributed by atoms with Crippen molar-refractivity contribution < 1.29 is 14.3 Å².